The number of amides is 1. The summed E-state index contributed by atoms with van der Waals surface area (Å²) < 4.78 is 5.17. The van der Waals surface area contributed by atoms with Gasteiger partial charge in [-0.3, -0.25) is 5.10 Å². The van der Waals surface area contributed by atoms with Gasteiger partial charge in [0.25, 0.3) is 0 Å². The van der Waals surface area contributed by atoms with Gasteiger partial charge in [0, 0.05) is 6.54 Å². The summed E-state index contributed by atoms with van der Waals surface area (Å²) in [6.45, 7) is 6.83. The fourth-order valence-electron chi connectivity index (χ4n) is 1.89. The topological polar surface area (TPSA) is 79.0 Å². The van der Waals surface area contributed by atoms with E-state index in [1.54, 1.807) is 0 Å². The Hall–Kier alpha value is -1.72. The van der Waals surface area contributed by atoms with E-state index in [0.29, 0.717) is 6.54 Å². The first-order chi connectivity index (χ1) is 8.46. The van der Waals surface area contributed by atoms with Crippen molar-refractivity contribution in [2.75, 3.05) is 11.9 Å². The number of hydrogen-bond donors (Lipinski definition) is 3. The standard InChI is InChI=1S/C12H20N4O2/c1-12(2,3)18-11(17)14-7-9-10-8(15-16-9)5-4-6-13-10/h13H,4-7H2,1-3H3,(H,14,17)(H,15,16). The van der Waals surface area contributed by atoms with Crippen LogP contribution in [0.5, 0.6) is 0 Å². The van der Waals surface area contributed by atoms with E-state index in [9.17, 15) is 4.79 Å². The summed E-state index contributed by atoms with van der Waals surface area (Å²) in [6, 6.07) is 0. The molecule has 1 amide bonds. The van der Waals surface area contributed by atoms with Crippen LogP contribution in [0.2, 0.25) is 0 Å². The van der Waals surface area contributed by atoms with E-state index in [0.717, 1.165) is 36.5 Å². The highest BCUT2D eigenvalue weighted by Gasteiger charge is 2.19. The van der Waals surface area contributed by atoms with E-state index >= 15 is 0 Å². The lowest BCUT2D eigenvalue weighted by molar-refractivity contribution is 0.0523. The normalized spacial score (nSPS) is 14.6. The molecule has 6 nitrogen and oxygen atoms in total. The molecule has 3 N–H and O–H groups in total. The minimum Gasteiger partial charge on any atom is -0.444 e. The largest absolute Gasteiger partial charge is 0.444 e. The number of carbonyl (C=O) groups excluding carboxylic acids is 1. The summed E-state index contributed by atoms with van der Waals surface area (Å²) in [5, 5.41) is 13.2. The molecule has 1 aliphatic rings. The number of aryl methyl sites for hydroxylation is 1. The van der Waals surface area contributed by atoms with E-state index in [4.69, 9.17) is 4.74 Å². The van der Waals surface area contributed by atoms with Crippen LogP contribution in [0.1, 0.15) is 38.6 Å². The predicted molar refractivity (Wildman–Crippen MR) is 68.5 cm³/mol. The van der Waals surface area contributed by atoms with Crippen LogP contribution in [-0.2, 0) is 17.7 Å². The van der Waals surface area contributed by atoms with Crippen LogP contribution < -0.4 is 10.6 Å². The summed E-state index contributed by atoms with van der Waals surface area (Å²) in [4.78, 5) is 11.5. The van der Waals surface area contributed by atoms with Gasteiger partial charge >= 0.3 is 6.09 Å². The zero-order valence-corrected chi connectivity index (χ0v) is 11.1. The highest BCUT2D eigenvalue weighted by molar-refractivity contribution is 5.68. The number of rotatable bonds is 2. The highest BCUT2D eigenvalue weighted by Crippen LogP contribution is 2.23. The van der Waals surface area contributed by atoms with Crippen molar-refractivity contribution < 1.29 is 9.53 Å². The second kappa shape index (κ2) is 4.88. The number of aromatic nitrogens is 2. The molecule has 0 atom stereocenters. The minimum absolute atomic E-state index is 0.369. The van der Waals surface area contributed by atoms with Crippen LogP contribution in [0.3, 0.4) is 0 Å². The Morgan fingerprint density at radius 2 is 2.28 bits per heavy atom. The average Bonchev–Trinajstić information content (AvgIpc) is 2.67. The zero-order chi connectivity index (χ0) is 13.2. The van der Waals surface area contributed by atoms with Crippen molar-refractivity contribution in [3.05, 3.63) is 11.4 Å². The molecule has 18 heavy (non-hydrogen) atoms. The van der Waals surface area contributed by atoms with Gasteiger partial charge in [-0.2, -0.15) is 5.10 Å². The van der Waals surface area contributed by atoms with Crippen LogP contribution in [0, 0.1) is 0 Å². The molecule has 0 aliphatic carbocycles. The molecule has 0 aromatic carbocycles. The Bertz CT molecular complexity index is 434. The molecule has 0 unspecified atom stereocenters. The molecule has 0 saturated carbocycles. The Morgan fingerprint density at radius 3 is 3.00 bits per heavy atom. The molecule has 2 heterocycles. The van der Waals surface area contributed by atoms with E-state index in [1.165, 1.54) is 0 Å². The second-order valence-electron chi connectivity index (χ2n) is 5.41. The van der Waals surface area contributed by atoms with Crippen LogP contribution >= 0.6 is 0 Å². The number of anilines is 1. The first-order valence-electron chi connectivity index (χ1n) is 6.22. The Balaban J connectivity index is 1.91. The van der Waals surface area contributed by atoms with Gasteiger partial charge in [-0.05, 0) is 33.6 Å². The van der Waals surface area contributed by atoms with Crippen molar-refractivity contribution >= 4 is 11.8 Å². The fraction of sp³-hybridized carbons (Fsp3) is 0.667. The van der Waals surface area contributed by atoms with Gasteiger partial charge < -0.3 is 15.4 Å². The van der Waals surface area contributed by atoms with Gasteiger partial charge in [-0.1, -0.05) is 0 Å². The number of aromatic amines is 1. The predicted octanol–water partition coefficient (Wildman–Crippen LogP) is 1.79. The fourth-order valence-corrected chi connectivity index (χ4v) is 1.89. The van der Waals surface area contributed by atoms with E-state index in [1.807, 2.05) is 20.8 Å². The van der Waals surface area contributed by atoms with Crippen molar-refractivity contribution in [3.8, 4) is 0 Å². The maximum Gasteiger partial charge on any atom is 0.407 e. The van der Waals surface area contributed by atoms with Crippen LogP contribution in [0.4, 0.5) is 10.5 Å². The molecule has 100 valence electrons. The summed E-state index contributed by atoms with van der Waals surface area (Å²) in [5.41, 5.74) is 2.49. The summed E-state index contributed by atoms with van der Waals surface area (Å²) in [7, 11) is 0. The number of H-pyrrole nitrogens is 1. The number of ether oxygens (including phenoxy) is 1. The van der Waals surface area contributed by atoms with Gasteiger partial charge in [-0.25, -0.2) is 4.79 Å². The molecule has 1 aliphatic heterocycles. The quantitative estimate of drug-likeness (QED) is 0.749. The molecule has 0 radical (unpaired) electrons. The van der Waals surface area contributed by atoms with E-state index in [2.05, 4.69) is 20.8 Å². The molecule has 0 saturated heterocycles. The summed E-state index contributed by atoms with van der Waals surface area (Å²) in [6.07, 6.45) is 1.69. The van der Waals surface area contributed by atoms with E-state index < -0.39 is 11.7 Å². The summed E-state index contributed by atoms with van der Waals surface area (Å²) >= 11 is 0. The second-order valence-corrected chi connectivity index (χ2v) is 5.41. The molecule has 1 aromatic rings. The Morgan fingerprint density at radius 1 is 1.50 bits per heavy atom. The monoisotopic (exact) mass is 252 g/mol. The molecular formula is C12H20N4O2. The Labute approximate surface area is 106 Å². The average molecular weight is 252 g/mol. The maximum absolute atomic E-state index is 11.5. The molecule has 2 rings (SSSR count). The minimum atomic E-state index is -0.479. The lowest BCUT2D eigenvalue weighted by atomic mass is 10.1. The smallest absolute Gasteiger partial charge is 0.407 e. The number of nitrogens with one attached hydrogen (secondary N) is 3. The first-order valence-corrected chi connectivity index (χ1v) is 6.22. The lowest BCUT2D eigenvalue weighted by Crippen LogP contribution is -2.32. The highest BCUT2D eigenvalue weighted by atomic mass is 16.6. The van der Waals surface area contributed by atoms with Crippen molar-refractivity contribution in [2.24, 2.45) is 0 Å². The molecule has 1 aromatic heterocycles. The number of carbonyl (C=O) groups is 1. The first kappa shape index (κ1) is 12.7. The number of fused-ring (bicyclic) bond motifs is 1. The van der Waals surface area contributed by atoms with Gasteiger partial charge in [0.15, 0.2) is 0 Å². The molecule has 0 spiro atoms. The van der Waals surface area contributed by atoms with Crippen molar-refractivity contribution in [3.63, 3.8) is 0 Å². The molecule has 0 bridgehead atoms. The van der Waals surface area contributed by atoms with Gasteiger partial charge in [0.2, 0.25) is 0 Å². The molecular weight excluding hydrogens is 232 g/mol. The zero-order valence-electron chi connectivity index (χ0n) is 11.1. The van der Waals surface area contributed by atoms with Crippen molar-refractivity contribution in [2.45, 2.75) is 45.8 Å². The van der Waals surface area contributed by atoms with Crippen molar-refractivity contribution in [1.82, 2.24) is 15.5 Å². The number of nitrogens with zero attached hydrogens (tertiary/aromatic N) is 1. The van der Waals surface area contributed by atoms with Crippen LogP contribution in [0.15, 0.2) is 0 Å². The van der Waals surface area contributed by atoms with E-state index in [-0.39, 0.29) is 0 Å². The lowest BCUT2D eigenvalue weighted by Gasteiger charge is -2.19. The third kappa shape index (κ3) is 3.15. The third-order valence-electron chi connectivity index (χ3n) is 2.62. The Kier molecular flexibility index (Phi) is 3.45. The van der Waals surface area contributed by atoms with Gasteiger partial charge in [-0.15, -0.1) is 0 Å². The van der Waals surface area contributed by atoms with Crippen LogP contribution in [-0.4, -0.2) is 28.4 Å². The maximum atomic E-state index is 11.5. The molecule has 0 fully saturated rings. The summed E-state index contributed by atoms with van der Waals surface area (Å²) in [5.74, 6) is 0. The van der Waals surface area contributed by atoms with Gasteiger partial charge in [0.05, 0.1) is 17.9 Å². The number of alkyl carbamates (subject to hydrolysis) is 1. The number of hydrogen-bond acceptors (Lipinski definition) is 4. The van der Waals surface area contributed by atoms with Gasteiger partial charge in [0.1, 0.15) is 11.3 Å². The molecule has 6 heteroatoms. The van der Waals surface area contributed by atoms with Crippen molar-refractivity contribution in [1.29, 1.82) is 0 Å². The van der Waals surface area contributed by atoms with Crippen LogP contribution in [0.25, 0.3) is 0 Å². The SMILES string of the molecule is CC(C)(C)OC(=O)NCc1n[nH]c2c1NCCC2. The third-order valence-corrected chi connectivity index (χ3v) is 2.62.